The SMILES string of the molecule is COc1cccc(-n2cc(C(=O)O)c3c2C(c2cc(OC)ccc2OC)CC(=O)N3)c1. The third-order valence-corrected chi connectivity index (χ3v) is 5.40. The number of carboxylic acids is 1. The van der Waals surface area contributed by atoms with Crippen molar-refractivity contribution in [1.82, 2.24) is 4.57 Å². The summed E-state index contributed by atoms with van der Waals surface area (Å²) in [4.78, 5) is 24.6. The van der Waals surface area contributed by atoms with Crippen molar-refractivity contribution in [1.29, 1.82) is 0 Å². The van der Waals surface area contributed by atoms with Crippen LogP contribution in [-0.4, -0.2) is 42.9 Å². The van der Waals surface area contributed by atoms with Gasteiger partial charge in [-0.05, 0) is 30.3 Å². The van der Waals surface area contributed by atoms with Gasteiger partial charge in [0.1, 0.15) is 22.8 Å². The number of nitrogens with one attached hydrogen (secondary N) is 1. The number of carbonyl (C=O) groups excluding carboxylic acids is 1. The molecule has 0 saturated carbocycles. The second kappa shape index (κ2) is 8.06. The van der Waals surface area contributed by atoms with Crippen LogP contribution in [0.3, 0.4) is 0 Å². The highest BCUT2D eigenvalue weighted by atomic mass is 16.5. The molecular weight excluding hydrogens is 400 g/mol. The number of hydrogen-bond donors (Lipinski definition) is 2. The largest absolute Gasteiger partial charge is 0.497 e. The molecule has 1 aliphatic rings. The van der Waals surface area contributed by atoms with Crippen LogP contribution in [-0.2, 0) is 4.79 Å². The lowest BCUT2D eigenvalue weighted by atomic mass is 9.87. The van der Waals surface area contributed by atoms with Crippen LogP contribution in [0.25, 0.3) is 5.69 Å². The van der Waals surface area contributed by atoms with Crippen LogP contribution in [0.4, 0.5) is 5.69 Å². The fourth-order valence-electron chi connectivity index (χ4n) is 3.97. The van der Waals surface area contributed by atoms with E-state index in [0.717, 1.165) is 5.56 Å². The van der Waals surface area contributed by atoms with Crippen molar-refractivity contribution in [2.45, 2.75) is 12.3 Å². The molecule has 0 spiro atoms. The lowest BCUT2D eigenvalue weighted by Gasteiger charge is -2.27. The lowest BCUT2D eigenvalue weighted by molar-refractivity contribution is -0.116. The van der Waals surface area contributed by atoms with Crippen LogP contribution < -0.4 is 19.5 Å². The summed E-state index contributed by atoms with van der Waals surface area (Å²) in [5, 5.41) is 12.5. The Kier molecular flexibility index (Phi) is 5.29. The van der Waals surface area contributed by atoms with Gasteiger partial charge < -0.3 is 29.2 Å². The van der Waals surface area contributed by atoms with Gasteiger partial charge in [-0.25, -0.2) is 4.79 Å². The quantitative estimate of drug-likeness (QED) is 0.629. The zero-order chi connectivity index (χ0) is 22.1. The molecule has 160 valence electrons. The van der Waals surface area contributed by atoms with Crippen LogP contribution in [0, 0.1) is 0 Å². The predicted molar refractivity (Wildman–Crippen MR) is 114 cm³/mol. The van der Waals surface area contributed by atoms with Crippen molar-refractivity contribution in [2.24, 2.45) is 0 Å². The number of aromatic carboxylic acids is 1. The molecular formula is C23H22N2O6. The second-order valence-electron chi connectivity index (χ2n) is 7.09. The van der Waals surface area contributed by atoms with Gasteiger partial charge in [-0.15, -0.1) is 0 Å². The zero-order valence-corrected chi connectivity index (χ0v) is 17.3. The molecule has 3 aromatic rings. The number of methoxy groups -OCH3 is 3. The number of ether oxygens (including phenoxy) is 3. The van der Waals surface area contributed by atoms with Crippen molar-refractivity contribution in [3.05, 3.63) is 65.5 Å². The predicted octanol–water partition coefficient (Wildman–Crippen LogP) is 3.68. The molecule has 1 atom stereocenters. The van der Waals surface area contributed by atoms with E-state index in [0.29, 0.717) is 28.6 Å². The fraction of sp³-hybridized carbons (Fsp3) is 0.217. The number of benzene rings is 2. The Bertz CT molecular complexity index is 1170. The normalized spacial score (nSPS) is 15.1. The molecule has 1 unspecified atom stereocenters. The summed E-state index contributed by atoms with van der Waals surface area (Å²) < 4.78 is 18.0. The average Bonchev–Trinajstić information content (AvgIpc) is 3.17. The molecule has 1 amide bonds. The van der Waals surface area contributed by atoms with Crippen LogP contribution in [0.2, 0.25) is 0 Å². The molecule has 31 heavy (non-hydrogen) atoms. The molecule has 1 aromatic heterocycles. The lowest BCUT2D eigenvalue weighted by Crippen LogP contribution is -2.25. The molecule has 0 aliphatic carbocycles. The molecule has 2 N–H and O–H groups in total. The summed E-state index contributed by atoms with van der Waals surface area (Å²) in [6, 6.07) is 12.7. The van der Waals surface area contributed by atoms with Crippen LogP contribution >= 0.6 is 0 Å². The van der Waals surface area contributed by atoms with E-state index in [1.807, 2.05) is 30.3 Å². The molecule has 0 fully saturated rings. The van der Waals surface area contributed by atoms with Crippen molar-refractivity contribution in [2.75, 3.05) is 26.6 Å². The van der Waals surface area contributed by atoms with E-state index in [-0.39, 0.29) is 23.6 Å². The summed E-state index contributed by atoms with van der Waals surface area (Å²) in [5.74, 6) is -0.0204. The monoisotopic (exact) mass is 422 g/mol. The molecule has 4 rings (SSSR count). The van der Waals surface area contributed by atoms with E-state index in [4.69, 9.17) is 14.2 Å². The highest BCUT2D eigenvalue weighted by molar-refractivity contribution is 6.04. The van der Waals surface area contributed by atoms with Gasteiger partial charge in [-0.1, -0.05) is 6.07 Å². The van der Waals surface area contributed by atoms with E-state index in [2.05, 4.69) is 5.32 Å². The van der Waals surface area contributed by atoms with E-state index in [9.17, 15) is 14.7 Å². The number of aromatic nitrogens is 1. The number of nitrogens with zero attached hydrogens (tertiary/aromatic N) is 1. The van der Waals surface area contributed by atoms with Crippen LogP contribution in [0.15, 0.2) is 48.7 Å². The van der Waals surface area contributed by atoms with Gasteiger partial charge in [0.2, 0.25) is 5.91 Å². The van der Waals surface area contributed by atoms with Gasteiger partial charge in [0.05, 0.1) is 32.7 Å². The molecule has 0 radical (unpaired) electrons. The summed E-state index contributed by atoms with van der Waals surface area (Å²) in [6.45, 7) is 0. The smallest absolute Gasteiger partial charge is 0.339 e. The number of carboxylic acid groups (broad SMARTS) is 1. The van der Waals surface area contributed by atoms with Gasteiger partial charge in [-0.2, -0.15) is 0 Å². The number of rotatable bonds is 6. The third-order valence-electron chi connectivity index (χ3n) is 5.40. The van der Waals surface area contributed by atoms with Gasteiger partial charge in [-0.3, -0.25) is 4.79 Å². The fourth-order valence-corrected chi connectivity index (χ4v) is 3.97. The number of fused-ring (bicyclic) bond motifs is 1. The average molecular weight is 422 g/mol. The van der Waals surface area contributed by atoms with Crippen molar-refractivity contribution < 1.29 is 28.9 Å². The van der Waals surface area contributed by atoms with Crippen LogP contribution in [0.1, 0.15) is 34.0 Å². The topological polar surface area (TPSA) is 99.0 Å². The minimum absolute atomic E-state index is 0.0118. The summed E-state index contributed by atoms with van der Waals surface area (Å²) in [6.07, 6.45) is 1.65. The minimum Gasteiger partial charge on any atom is -0.497 e. The number of anilines is 1. The first-order chi connectivity index (χ1) is 15.0. The standard InChI is InChI=1S/C23H22N2O6/c1-29-14-6-4-5-13(9-14)25-12-18(23(27)28)21-22(25)17(11-20(26)24-21)16-10-15(30-2)7-8-19(16)31-3/h4-10,12,17H,11H2,1-3H3,(H,24,26)(H,27,28). The molecule has 0 saturated heterocycles. The van der Waals surface area contributed by atoms with Gasteiger partial charge in [0.25, 0.3) is 0 Å². The van der Waals surface area contributed by atoms with Crippen molar-refractivity contribution in [3.63, 3.8) is 0 Å². The Morgan fingerprint density at radius 1 is 1.06 bits per heavy atom. The van der Waals surface area contributed by atoms with Crippen molar-refractivity contribution in [3.8, 4) is 22.9 Å². The minimum atomic E-state index is -1.13. The first kappa shape index (κ1) is 20.3. The Morgan fingerprint density at radius 2 is 1.81 bits per heavy atom. The molecule has 2 heterocycles. The molecule has 0 bridgehead atoms. The molecule has 8 heteroatoms. The number of amides is 1. The first-order valence-electron chi connectivity index (χ1n) is 9.61. The Hall–Kier alpha value is -3.94. The van der Waals surface area contributed by atoms with Crippen molar-refractivity contribution >= 4 is 17.6 Å². The first-order valence-corrected chi connectivity index (χ1v) is 9.61. The maximum absolute atomic E-state index is 12.6. The zero-order valence-electron chi connectivity index (χ0n) is 17.3. The van der Waals surface area contributed by atoms with Crippen LogP contribution in [0.5, 0.6) is 17.2 Å². The summed E-state index contributed by atoms with van der Waals surface area (Å²) in [5.41, 5.74) is 2.39. The van der Waals surface area contributed by atoms with Gasteiger partial charge in [0.15, 0.2) is 0 Å². The Morgan fingerprint density at radius 3 is 2.48 bits per heavy atom. The van der Waals surface area contributed by atoms with E-state index in [1.54, 1.807) is 38.0 Å². The summed E-state index contributed by atoms with van der Waals surface area (Å²) >= 11 is 0. The van der Waals surface area contributed by atoms with E-state index >= 15 is 0 Å². The number of carbonyl (C=O) groups is 2. The molecule has 8 nitrogen and oxygen atoms in total. The Balaban J connectivity index is 2.00. The Labute approximate surface area is 179 Å². The maximum atomic E-state index is 12.6. The molecule has 2 aromatic carbocycles. The van der Waals surface area contributed by atoms with E-state index < -0.39 is 11.9 Å². The van der Waals surface area contributed by atoms with E-state index in [1.165, 1.54) is 6.20 Å². The highest BCUT2D eigenvalue weighted by Gasteiger charge is 2.36. The highest BCUT2D eigenvalue weighted by Crippen LogP contribution is 2.45. The second-order valence-corrected chi connectivity index (χ2v) is 7.09. The molecule has 1 aliphatic heterocycles. The van der Waals surface area contributed by atoms with Gasteiger partial charge in [0, 0.05) is 35.9 Å². The third kappa shape index (κ3) is 3.56. The maximum Gasteiger partial charge on any atom is 0.339 e. The van der Waals surface area contributed by atoms with Gasteiger partial charge >= 0.3 is 5.97 Å². The summed E-state index contributed by atoms with van der Waals surface area (Å²) in [7, 11) is 4.68. The number of hydrogen-bond acceptors (Lipinski definition) is 5.